The van der Waals surface area contributed by atoms with E-state index < -0.39 is 0 Å². The highest BCUT2D eigenvalue weighted by molar-refractivity contribution is 6.06. The summed E-state index contributed by atoms with van der Waals surface area (Å²) in [5.74, 6) is 0.0721. The predicted octanol–water partition coefficient (Wildman–Crippen LogP) is 3.95. The first-order chi connectivity index (χ1) is 9.19. The zero-order chi connectivity index (χ0) is 13.7. The monoisotopic (exact) mass is 252 g/mol. The number of carbonyl (C=O) groups excluding carboxylic acids is 1. The predicted molar refractivity (Wildman–Crippen MR) is 72.7 cm³/mol. The van der Waals surface area contributed by atoms with Crippen LogP contribution in [0.25, 0.3) is 6.08 Å². The second-order valence-corrected chi connectivity index (χ2v) is 3.95. The fourth-order valence-electron chi connectivity index (χ4n) is 1.55. The molecule has 0 aliphatic rings. The molecular formula is C15H12N2O2. The van der Waals surface area contributed by atoms with Crippen molar-refractivity contribution in [3.05, 3.63) is 65.7 Å². The molecule has 19 heavy (non-hydrogen) atoms. The number of phenols is 1. The maximum atomic E-state index is 11.9. The van der Waals surface area contributed by atoms with Gasteiger partial charge in [0.05, 0.1) is 5.69 Å². The average molecular weight is 252 g/mol. The molecular weight excluding hydrogens is 240 g/mol. The van der Waals surface area contributed by atoms with E-state index >= 15 is 0 Å². The summed E-state index contributed by atoms with van der Waals surface area (Å²) in [7, 11) is 0. The number of carbonyl (C=O) groups is 1. The van der Waals surface area contributed by atoms with Gasteiger partial charge < -0.3 is 5.11 Å². The third-order valence-corrected chi connectivity index (χ3v) is 2.60. The third-order valence-electron chi connectivity index (χ3n) is 2.60. The summed E-state index contributed by atoms with van der Waals surface area (Å²) in [5, 5.41) is 12.4. The van der Waals surface area contributed by atoms with E-state index in [1.165, 1.54) is 6.08 Å². The van der Waals surface area contributed by atoms with Crippen molar-refractivity contribution in [2.24, 2.45) is 5.11 Å². The van der Waals surface area contributed by atoms with Gasteiger partial charge >= 0.3 is 0 Å². The molecule has 0 radical (unpaired) electrons. The summed E-state index contributed by atoms with van der Waals surface area (Å²) in [6.45, 7) is 0. The Kier molecular flexibility index (Phi) is 3.83. The van der Waals surface area contributed by atoms with E-state index in [2.05, 4.69) is 5.11 Å². The molecule has 0 unspecified atom stereocenters. The molecule has 0 fully saturated rings. The van der Waals surface area contributed by atoms with Crippen LogP contribution in [0.4, 0.5) is 5.69 Å². The van der Waals surface area contributed by atoms with Crippen molar-refractivity contribution in [2.45, 2.75) is 0 Å². The maximum absolute atomic E-state index is 11.9. The summed E-state index contributed by atoms with van der Waals surface area (Å²) in [4.78, 5) is 11.9. The zero-order valence-electron chi connectivity index (χ0n) is 10.1. The molecule has 2 aromatic rings. The van der Waals surface area contributed by atoms with Gasteiger partial charge in [0, 0.05) is 5.56 Å². The minimum atomic E-state index is -0.121. The van der Waals surface area contributed by atoms with Gasteiger partial charge in [-0.25, -0.2) is 5.53 Å². The average Bonchev–Trinajstić information content (AvgIpc) is 2.46. The molecule has 0 saturated heterocycles. The molecule has 94 valence electrons. The van der Waals surface area contributed by atoms with E-state index in [0.29, 0.717) is 11.3 Å². The largest absolute Gasteiger partial charge is 0.508 e. The Bertz CT molecular complexity index is 614. The van der Waals surface area contributed by atoms with Gasteiger partial charge in [0.15, 0.2) is 5.78 Å². The first-order valence-electron chi connectivity index (χ1n) is 5.68. The number of nitrogens with one attached hydrogen (secondary N) is 1. The Morgan fingerprint density at radius 3 is 2.26 bits per heavy atom. The number of ketones is 1. The quantitative estimate of drug-likeness (QED) is 0.491. The lowest BCUT2D eigenvalue weighted by Crippen LogP contribution is -1.92. The van der Waals surface area contributed by atoms with Gasteiger partial charge in [-0.3, -0.25) is 4.79 Å². The molecule has 0 saturated carbocycles. The van der Waals surface area contributed by atoms with Crippen molar-refractivity contribution < 1.29 is 9.90 Å². The molecule has 0 amide bonds. The van der Waals surface area contributed by atoms with Gasteiger partial charge in [0.1, 0.15) is 5.75 Å². The fourth-order valence-corrected chi connectivity index (χ4v) is 1.55. The van der Waals surface area contributed by atoms with Gasteiger partial charge in [-0.1, -0.05) is 18.2 Å². The Labute approximate surface area is 110 Å². The van der Waals surface area contributed by atoms with Gasteiger partial charge in [-0.2, -0.15) is 5.11 Å². The van der Waals surface area contributed by atoms with Gasteiger partial charge in [-0.15, -0.1) is 0 Å². The summed E-state index contributed by atoms with van der Waals surface area (Å²) < 4.78 is 0. The summed E-state index contributed by atoms with van der Waals surface area (Å²) in [6, 6.07) is 13.1. The second-order valence-electron chi connectivity index (χ2n) is 3.95. The van der Waals surface area contributed by atoms with Crippen LogP contribution in [0.3, 0.4) is 0 Å². The number of hydrogen-bond acceptors (Lipinski definition) is 4. The number of hydrogen-bond donors (Lipinski definition) is 2. The topological polar surface area (TPSA) is 73.5 Å². The Morgan fingerprint density at radius 1 is 1.05 bits per heavy atom. The van der Waals surface area contributed by atoms with Crippen molar-refractivity contribution in [1.29, 1.82) is 5.53 Å². The molecule has 4 heteroatoms. The van der Waals surface area contributed by atoms with Crippen LogP contribution >= 0.6 is 0 Å². The van der Waals surface area contributed by atoms with Crippen LogP contribution in [0.5, 0.6) is 5.75 Å². The maximum Gasteiger partial charge on any atom is 0.185 e. The first-order valence-corrected chi connectivity index (χ1v) is 5.68. The van der Waals surface area contributed by atoms with Crippen molar-refractivity contribution in [1.82, 2.24) is 0 Å². The number of aromatic hydroxyl groups is 1. The number of nitrogens with zero attached hydrogens (tertiary/aromatic N) is 1. The zero-order valence-corrected chi connectivity index (χ0v) is 10.1. The number of benzene rings is 2. The lowest BCUT2D eigenvalue weighted by atomic mass is 10.1. The summed E-state index contributed by atoms with van der Waals surface area (Å²) in [5.41, 5.74) is 8.73. The number of allylic oxidation sites excluding steroid dienone is 1. The molecule has 0 heterocycles. The smallest absolute Gasteiger partial charge is 0.185 e. The van der Waals surface area contributed by atoms with Crippen LogP contribution in [0, 0.1) is 5.53 Å². The van der Waals surface area contributed by atoms with E-state index in [1.54, 1.807) is 54.6 Å². The third kappa shape index (κ3) is 3.35. The van der Waals surface area contributed by atoms with Gasteiger partial charge in [0.2, 0.25) is 0 Å². The van der Waals surface area contributed by atoms with Gasteiger partial charge in [-0.05, 0) is 48.0 Å². The van der Waals surface area contributed by atoms with Crippen LogP contribution in [0.15, 0.2) is 59.7 Å². The second kappa shape index (κ2) is 5.73. The molecule has 0 bridgehead atoms. The summed E-state index contributed by atoms with van der Waals surface area (Å²) in [6.07, 6.45) is 3.16. The van der Waals surface area contributed by atoms with Gasteiger partial charge in [0.25, 0.3) is 0 Å². The molecule has 0 aromatic heterocycles. The standard InChI is InChI=1S/C15H12N2O2/c16-17-13-6-4-12(5-7-13)15(19)10-3-11-1-8-14(18)9-2-11/h1-10,16,18H/b10-3+,17-16?. The lowest BCUT2D eigenvalue weighted by molar-refractivity contribution is 0.104. The minimum Gasteiger partial charge on any atom is -0.508 e. The minimum absolute atomic E-state index is 0.121. The van der Waals surface area contributed by atoms with E-state index in [1.807, 2.05) is 0 Å². The van der Waals surface area contributed by atoms with E-state index in [0.717, 1.165) is 5.56 Å². The molecule has 0 aliphatic heterocycles. The molecule has 2 rings (SSSR count). The van der Waals surface area contributed by atoms with Crippen molar-refractivity contribution in [2.75, 3.05) is 0 Å². The van der Waals surface area contributed by atoms with Crippen molar-refractivity contribution in [3.8, 4) is 5.75 Å². The normalized spacial score (nSPS) is 10.5. The molecule has 0 atom stereocenters. The molecule has 2 N–H and O–H groups in total. The number of rotatable bonds is 4. The van der Waals surface area contributed by atoms with E-state index in [4.69, 9.17) is 10.6 Å². The molecule has 2 aromatic carbocycles. The fraction of sp³-hybridized carbons (Fsp3) is 0. The van der Waals surface area contributed by atoms with Crippen LogP contribution < -0.4 is 0 Å². The highest BCUT2D eigenvalue weighted by Gasteiger charge is 2.01. The van der Waals surface area contributed by atoms with Crippen LogP contribution in [0.1, 0.15) is 15.9 Å². The Hall–Kier alpha value is -2.75. The van der Waals surface area contributed by atoms with Crippen molar-refractivity contribution in [3.63, 3.8) is 0 Å². The highest BCUT2D eigenvalue weighted by atomic mass is 16.3. The van der Waals surface area contributed by atoms with E-state index in [-0.39, 0.29) is 11.5 Å². The Balaban J connectivity index is 2.11. The molecule has 0 spiro atoms. The Morgan fingerprint density at radius 2 is 1.68 bits per heavy atom. The van der Waals surface area contributed by atoms with Crippen LogP contribution in [0.2, 0.25) is 0 Å². The highest BCUT2D eigenvalue weighted by Crippen LogP contribution is 2.14. The summed E-state index contributed by atoms with van der Waals surface area (Å²) >= 11 is 0. The first kappa shape index (κ1) is 12.7. The molecule has 0 aliphatic carbocycles. The number of phenolic OH excluding ortho intramolecular Hbond substituents is 1. The molecule has 4 nitrogen and oxygen atoms in total. The van der Waals surface area contributed by atoms with Crippen LogP contribution in [-0.2, 0) is 0 Å². The van der Waals surface area contributed by atoms with Crippen molar-refractivity contribution >= 4 is 17.5 Å². The van der Waals surface area contributed by atoms with E-state index in [9.17, 15) is 4.79 Å². The van der Waals surface area contributed by atoms with Crippen LogP contribution in [-0.4, -0.2) is 10.9 Å². The SMILES string of the molecule is N=Nc1ccc(C(=O)/C=C/c2ccc(O)cc2)cc1. The lowest BCUT2D eigenvalue weighted by Gasteiger charge is -1.97.